The summed E-state index contributed by atoms with van der Waals surface area (Å²) in [7, 11) is 0. The fourth-order valence-corrected chi connectivity index (χ4v) is 2.96. The molecule has 1 aliphatic rings. The number of hydrogen-bond donors (Lipinski definition) is 1. The molecule has 0 spiro atoms. The molecule has 2 heterocycles. The molecule has 1 fully saturated rings. The maximum atomic E-state index is 12.9. The van der Waals surface area contributed by atoms with Crippen LogP contribution in [0.1, 0.15) is 40.9 Å². The van der Waals surface area contributed by atoms with E-state index in [4.69, 9.17) is 0 Å². The number of amides is 1. The van der Waals surface area contributed by atoms with Gasteiger partial charge in [-0.15, -0.1) is 10.2 Å². The number of aromatic nitrogens is 2. The van der Waals surface area contributed by atoms with Crippen molar-refractivity contribution in [2.75, 3.05) is 23.3 Å². The summed E-state index contributed by atoms with van der Waals surface area (Å²) in [6.07, 6.45) is -6.89. The number of halogens is 6. The minimum absolute atomic E-state index is 0.0110. The molecule has 0 unspecified atom stereocenters. The molecular weight excluding hydrogens is 402 g/mol. The standard InChI is InChI=1S/C18H16F6N4O/c19-17(20,21)11-8-12(18(22,23)24)10-13(9-11)25-16(29)14-4-5-15(27-26-14)28-6-2-1-3-7-28/h4-5,8-10H,1-3,6-7H2,(H,25,29). The SMILES string of the molecule is O=C(Nc1cc(C(F)(F)F)cc(C(F)(F)F)c1)c1ccc(N2CCCCC2)nn1. The number of nitrogens with zero attached hydrogens (tertiary/aromatic N) is 3. The third kappa shape index (κ3) is 5.15. The predicted molar refractivity (Wildman–Crippen MR) is 92.5 cm³/mol. The first kappa shape index (κ1) is 20.9. The monoisotopic (exact) mass is 418 g/mol. The van der Waals surface area contributed by atoms with Gasteiger partial charge in [0.2, 0.25) is 0 Å². The van der Waals surface area contributed by atoms with Crippen molar-refractivity contribution in [2.45, 2.75) is 31.6 Å². The first-order valence-electron chi connectivity index (χ1n) is 8.73. The zero-order valence-electron chi connectivity index (χ0n) is 14.9. The zero-order chi connectivity index (χ0) is 21.2. The van der Waals surface area contributed by atoms with Gasteiger partial charge in [-0.05, 0) is 49.6 Å². The van der Waals surface area contributed by atoms with Crippen molar-refractivity contribution in [2.24, 2.45) is 0 Å². The molecule has 1 aromatic heterocycles. The minimum Gasteiger partial charge on any atom is -0.355 e. The second-order valence-corrected chi connectivity index (χ2v) is 6.57. The number of carbonyl (C=O) groups is 1. The number of rotatable bonds is 3. The number of anilines is 2. The Morgan fingerprint density at radius 1 is 0.862 bits per heavy atom. The minimum atomic E-state index is -5.00. The fraction of sp³-hybridized carbons (Fsp3) is 0.389. The molecule has 0 atom stereocenters. The topological polar surface area (TPSA) is 58.1 Å². The lowest BCUT2D eigenvalue weighted by molar-refractivity contribution is -0.143. The molecule has 5 nitrogen and oxygen atoms in total. The van der Waals surface area contributed by atoms with Gasteiger partial charge in [0.25, 0.3) is 5.91 Å². The highest BCUT2D eigenvalue weighted by molar-refractivity contribution is 6.02. The Morgan fingerprint density at radius 2 is 1.45 bits per heavy atom. The van der Waals surface area contributed by atoms with E-state index >= 15 is 0 Å². The Kier molecular flexibility index (Phi) is 5.67. The van der Waals surface area contributed by atoms with Crippen LogP contribution in [-0.4, -0.2) is 29.2 Å². The molecule has 11 heteroatoms. The third-order valence-electron chi connectivity index (χ3n) is 4.41. The summed E-state index contributed by atoms with van der Waals surface area (Å²) in [6.45, 7) is 1.59. The molecule has 1 N–H and O–H groups in total. The number of nitrogens with one attached hydrogen (secondary N) is 1. The van der Waals surface area contributed by atoms with Crippen LogP contribution in [0.25, 0.3) is 0 Å². The molecule has 1 amide bonds. The molecule has 0 radical (unpaired) electrons. The molecule has 2 aromatic rings. The number of benzene rings is 1. The largest absolute Gasteiger partial charge is 0.416 e. The normalized spacial score (nSPS) is 15.3. The second kappa shape index (κ2) is 7.88. The molecule has 156 valence electrons. The van der Waals surface area contributed by atoms with Crippen molar-refractivity contribution in [1.29, 1.82) is 0 Å². The van der Waals surface area contributed by atoms with Crippen LogP contribution in [-0.2, 0) is 12.4 Å². The molecule has 3 rings (SSSR count). The molecule has 1 aromatic carbocycles. The Labute approximate surface area is 161 Å². The van der Waals surface area contributed by atoms with E-state index in [0.717, 1.165) is 32.4 Å². The summed E-state index contributed by atoms with van der Waals surface area (Å²) < 4.78 is 77.5. The van der Waals surface area contributed by atoms with E-state index in [-0.39, 0.29) is 11.8 Å². The van der Waals surface area contributed by atoms with E-state index in [1.54, 1.807) is 6.07 Å². The van der Waals surface area contributed by atoms with Crippen LogP contribution < -0.4 is 10.2 Å². The van der Waals surface area contributed by atoms with Crippen molar-refractivity contribution in [3.8, 4) is 0 Å². The summed E-state index contributed by atoms with van der Waals surface area (Å²) >= 11 is 0. The van der Waals surface area contributed by atoms with Gasteiger partial charge in [-0.3, -0.25) is 4.79 Å². The predicted octanol–water partition coefficient (Wildman–Crippen LogP) is 4.76. The van der Waals surface area contributed by atoms with Gasteiger partial charge in [0.15, 0.2) is 11.5 Å². The van der Waals surface area contributed by atoms with E-state index in [1.807, 2.05) is 10.2 Å². The van der Waals surface area contributed by atoms with E-state index < -0.39 is 35.1 Å². The third-order valence-corrected chi connectivity index (χ3v) is 4.41. The molecule has 29 heavy (non-hydrogen) atoms. The fourth-order valence-electron chi connectivity index (χ4n) is 2.96. The number of alkyl halides is 6. The lowest BCUT2D eigenvalue weighted by atomic mass is 10.1. The van der Waals surface area contributed by atoms with Crippen molar-refractivity contribution in [3.63, 3.8) is 0 Å². The molecule has 1 saturated heterocycles. The van der Waals surface area contributed by atoms with Crippen molar-refractivity contribution in [1.82, 2.24) is 10.2 Å². The van der Waals surface area contributed by atoms with Gasteiger partial charge in [-0.2, -0.15) is 26.3 Å². The van der Waals surface area contributed by atoms with Crippen LogP contribution in [0.15, 0.2) is 30.3 Å². The highest BCUT2D eigenvalue weighted by Crippen LogP contribution is 2.37. The molecular formula is C18H16F6N4O. The van der Waals surface area contributed by atoms with Crippen LogP contribution in [0.2, 0.25) is 0 Å². The lowest BCUT2D eigenvalue weighted by Crippen LogP contribution is -2.30. The molecule has 0 bridgehead atoms. The van der Waals surface area contributed by atoms with Gasteiger partial charge in [-0.25, -0.2) is 0 Å². The van der Waals surface area contributed by atoms with Crippen molar-refractivity contribution < 1.29 is 31.1 Å². The maximum absolute atomic E-state index is 12.9. The smallest absolute Gasteiger partial charge is 0.355 e. The highest BCUT2D eigenvalue weighted by Gasteiger charge is 2.37. The molecule has 0 aliphatic carbocycles. The number of carbonyl (C=O) groups excluding carboxylic acids is 1. The summed E-state index contributed by atoms with van der Waals surface area (Å²) in [4.78, 5) is 14.2. The van der Waals surface area contributed by atoms with Crippen LogP contribution >= 0.6 is 0 Å². The lowest BCUT2D eigenvalue weighted by Gasteiger charge is -2.27. The first-order valence-corrected chi connectivity index (χ1v) is 8.73. The van der Waals surface area contributed by atoms with Crippen LogP contribution in [0.4, 0.5) is 37.8 Å². The Bertz CT molecular complexity index is 841. The number of hydrogen-bond acceptors (Lipinski definition) is 4. The quantitative estimate of drug-likeness (QED) is 0.731. The molecule has 1 aliphatic heterocycles. The summed E-state index contributed by atoms with van der Waals surface area (Å²) in [6, 6.07) is 3.72. The first-order chi connectivity index (χ1) is 13.5. The Balaban J connectivity index is 1.80. The second-order valence-electron chi connectivity index (χ2n) is 6.57. The van der Waals surface area contributed by atoms with Crippen LogP contribution in [0.3, 0.4) is 0 Å². The zero-order valence-corrected chi connectivity index (χ0v) is 14.9. The van der Waals surface area contributed by atoms with Crippen molar-refractivity contribution in [3.05, 3.63) is 47.2 Å². The van der Waals surface area contributed by atoms with Gasteiger partial charge in [0.05, 0.1) is 11.1 Å². The van der Waals surface area contributed by atoms with Gasteiger partial charge in [0.1, 0.15) is 0 Å². The van der Waals surface area contributed by atoms with Gasteiger partial charge in [0, 0.05) is 18.8 Å². The Hall–Kier alpha value is -2.85. The maximum Gasteiger partial charge on any atom is 0.416 e. The number of piperidine rings is 1. The van der Waals surface area contributed by atoms with Gasteiger partial charge < -0.3 is 10.2 Å². The average molecular weight is 418 g/mol. The highest BCUT2D eigenvalue weighted by atomic mass is 19.4. The summed E-state index contributed by atoms with van der Waals surface area (Å²) in [5.41, 5.74) is -3.90. The summed E-state index contributed by atoms with van der Waals surface area (Å²) in [5.74, 6) is -0.408. The van der Waals surface area contributed by atoms with Crippen LogP contribution in [0, 0.1) is 0 Å². The average Bonchev–Trinajstić information content (AvgIpc) is 2.67. The van der Waals surface area contributed by atoms with Crippen molar-refractivity contribution >= 4 is 17.4 Å². The van der Waals surface area contributed by atoms with E-state index in [2.05, 4.69) is 10.2 Å². The Morgan fingerprint density at radius 3 is 1.93 bits per heavy atom. The van der Waals surface area contributed by atoms with E-state index in [1.165, 1.54) is 6.07 Å². The molecule has 0 saturated carbocycles. The van der Waals surface area contributed by atoms with E-state index in [0.29, 0.717) is 18.0 Å². The summed E-state index contributed by atoms with van der Waals surface area (Å²) in [5, 5.41) is 9.71. The van der Waals surface area contributed by atoms with Gasteiger partial charge in [-0.1, -0.05) is 0 Å². The van der Waals surface area contributed by atoms with Gasteiger partial charge >= 0.3 is 12.4 Å². The van der Waals surface area contributed by atoms with Crippen LogP contribution in [0.5, 0.6) is 0 Å². The van der Waals surface area contributed by atoms with E-state index in [9.17, 15) is 31.1 Å².